The minimum absolute atomic E-state index is 0.203. The Morgan fingerprint density at radius 3 is 2.67 bits per heavy atom. The van der Waals surface area contributed by atoms with Gasteiger partial charge < -0.3 is 10.8 Å². The van der Waals surface area contributed by atoms with Crippen LogP contribution in [0.4, 0.5) is 0 Å². The maximum absolute atomic E-state index is 11.1. The van der Waals surface area contributed by atoms with Gasteiger partial charge in [-0.15, -0.1) is 0 Å². The number of aryl methyl sites for hydroxylation is 1. The van der Waals surface area contributed by atoms with E-state index in [-0.39, 0.29) is 6.42 Å². The summed E-state index contributed by atoms with van der Waals surface area (Å²) in [6.45, 7) is 2.75. The summed E-state index contributed by atoms with van der Waals surface area (Å²) in [6.07, 6.45) is 5.66. The summed E-state index contributed by atoms with van der Waals surface area (Å²) in [5, 5.41) is 18.0. The van der Waals surface area contributed by atoms with Crippen LogP contribution in [0.1, 0.15) is 12.5 Å². The summed E-state index contributed by atoms with van der Waals surface area (Å²) in [6, 6.07) is 8.68. The average molecular weight is 325 g/mol. The molecule has 7 heteroatoms. The predicted molar refractivity (Wildman–Crippen MR) is 89.8 cm³/mol. The number of para-hydroxylation sites is 1. The molecule has 0 radical (unpaired) electrons. The lowest BCUT2D eigenvalue weighted by atomic mass is 10.0. The number of nitrogens with two attached hydrogens (primary N) is 1. The van der Waals surface area contributed by atoms with Crippen LogP contribution >= 0.6 is 0 Å². The van der Waals surface area contributed by atoms with E-state index in [1.807, 2.05) is 49.6 Å². The zero-order valence-electron chi connectivity index (χ0n) is 13.3. The number of hydrogen-bond acceptors (Lipinski definition) is 4. The van der Waals surface area contributed by atoms with Crippen LogP contribution in [0.5, 0.6) is 0 Å². The second-order valence-corrected chi connectivity index (χ2v) is 5.52. The van der Waals surface area contributed by atoms with Crippen molar-refractivity contribution in [3.63, 3.8) is 0 Å². The average Bonchev–Trinajstić information content (AvgIpc) is 3.22. The van der Waals surface area contributed by atoms with Gasteiger partial charge in [-0.25, -0.2) is 4.68 Å². The maximum Gasteiger partial charge on any atom is 0.320 e. The van der Waals surface area contributed by atoms with Crippen LogP contribution in [-0.2, 0) is 17.8 Å². The van der Waals surface area contributed by atoms with Gasteiger partial charge in [0.05, 0.1) is 17.6 Å². The molecule has 0 bridgehead atoms. The van der Waals surface area contributed by atoms with Gasteiger partial charge >= 0.3 is 5.97 Å². The van der Waals surface area contributed by atoms with E-state index in [0.717, 1.165) is 23.4 Å². The van der Waals surface area contributed by atoms with Crippen molar-refractivity contribution in [3.8, 4) is 16.9 Å². The summed E-state index contributed by atoms with van der Waals surface area (Å²) in [5.74, 6) is -1.03. The largest absolute Gasteiger partial charge is 0.480 e. The molecule has 0 saturated heterocycles. The van der Waals surface area contributed by atoms with Crippen molar-refractivity contribution in [1.29, 1.82) is 0 Å². The molecule has 0 aliphatic rings. The lowest BCUT2D eigenvalue weighted by Crippen LogP contribution is -2.32. The van der Waals surface area contributed by atoms with Crippen molar-refractivity contribution in [2.45, 2.75) is 25.9 Å². The Labute approximate surface area is 139 Å². The topological polar surface area (TPSA) is 99.0 Å². The van der Waals surface area contributed by atoms with Gasteiger partial charge in [-0.2, -0.15) is 10.2 Å². The van der Waals surface area contributed by atoms with Crippen LogP contribution in [0.3, 0.4) is 0 Å². The van der Waals surface area contributed by atoms with E-state index >= 15 is 0 Å². The third-order valence-electron chi connectivity index (χ3n) is 3.80. The van der Waals surface area contributed by atoms with Gasteiger partial charge in [0.15, 0.2) is 0 Å². The highest BCUT2D eigenvalue weighted by atomic mass is 16.4. The molecular formula is C17H19N5O2. The standard InChI is InChI=1S/C17H19N5O2/c1-2-21-10-13(9-19-21)16-12(8-15(18)17(23)24)11-22(20-16)14-6-4-3-5-7-14/h3-7,9-11,15H,2,8,18H2,1H3,(H,23,24). The number of hydrogen-bond donors (Lipinski definition) is 2. The van der Waals surface area contributed by atoms with E-state index in [2.05, 4.69) is 10.2 Å². The highest BCUT2D eigenvalue weighted by Crippen LogP contribution is 2.24. The van der Waals surface area contributed by atoms with Crippen molar-refractivity contribution in [1.82, 2.24) is 19.6 Å². The summed E-state index contributed by atoms with van der Waals surface area (Å²) in [7, 11) is 0. The lowest BCUT2D eigenvalue weighted by Gasteiger charge is -2.05. The molecule has 0 spiro atoms. The highest BCUT2D eigenvalue weighted by molar-refractivity contribution is 5.74. The highest BCUT2D eigenvalue weighted by Gasteiger charge is 2.19. The number of carboxylic acids is 1. The first-order valence-corrected chi connectivity index (χ1v) is 7.73. The molecule has 0 aliphatic heterocycles. The van der Waals surface area contributed by atoms with Crippen LogP contribution in [0, 0.1) is 0 Å². The molecule has 2 aromatic heterocycles. The SMILES string of the molecule is CCn1cc(-c2nn(-c3ccccc3)cc2CC(N)C(=O)O)cn1. The molecular weight excluding hydrogens is 306 g/mol. The minimum atomic E-state index is -1.03. The number of benzene rings is 1. The molecule has 0 amide bonds. The van der Waals surface area contributed by atoms with Gasteiger partial charge in [-0.05, 0) is 19.1 Å². The number of aliphatic carboxylic acids is 1. The fourth-order valence-corrected chi connectivity index (χ4v) is 2.50. The summed E-state index contributed by atoms with van der Waals surface area (Å²) < 4.78 is 3.54. The number of aromatic nitrogens is 4. The van der Waals surface area contributed by atoms with Crippen LogP contribution in [0.15, 0.2) is 48.9 Å². The first kappa shape index (κ1) is 15.9. The molecule has 3 rings (SSSR count). The molecule has 3 N–H and O–H groups in total. The van der Waals surface area contributed by atoms with Crippen molar-refractivity contribution in [2.75, 3.05) is 0 Å². The smallest absolute Gasteiger partial charge is 0.320 e. The molecule has 0 saturated carbocycles. The minimum Gasteiger partial charge on any atom is -0.480 e. The molecule has 2 heterocycles. The third-order valence-corrected chi connectivity index (χ3v) is 3.80. The Morgan fingerprint density at radius 1 is 1.29 bits per heavy atom. The van der Waals surface area contributed by atoms with E-state index in [1.54, 1.807) is 15.6 Å². The predicted octanol–water partition coefficient (Wildman–Crippen LogP) is 1.71. The zero-order chi connectivity index (χ0) is 17.1. The van der Waals surface area contributed by atoms with Gasteiger partial charge in [-0.3, -0.25) is 9.48 Å². The van der Waals surface area contributed by atoms with E-state index in [0.29, 0.717) is 5.69 Å². The summed E-state index contributed by atoms with van der Waals surface area (Å²) >= 11 is 0. The number of carboxylic acid groups (broad SMARTS) is 1. The first-order chi connectivity index (χ1) is 11.6. The van der Waals surface area contributed by atoms with Crippen LogP contribution < -0.4 is 5.73 Å². The Balaban J connectivity index is 2.04. The van der Waals surface area contributed by atoms with E-state index < -0.39 is 12.0 Å². The molecule has 0 fully saturated rings. The molecule has 0 aliphatic carbocycles. The van der Waals surface area contributed by atoms with Crippen molar-refractivity contribution < 1.29 is 9.90 Å². The van der Waals surface area contributed by atoms with Gasteiger partial charge in [-0.1, -0.05) is 18.2 Å². The zero-order valence-corrected chi connectivity index (χ0v) is 13.3. The molecule has 3 aromatic rings. The van der Waals surface area contributed by atoms with E-state index in [9.17, 15) is 4.79 Å². The molecule has 24 heavy (non-hydrogen) atoms. The van der Waals surface area contributed by atoms with Crippen LogP contribution in [0.2, 0.25) is 0 Å². The molecule has 1 unspecified atom stereocenters. The Kier molecular flexibility index (Phi) is 4.43. The monoisotopic (exact) mass is 325 g/mol. The lowest BCUT2D eigenvalue weighted by molar-refractivity contribution is -0.138. The Morgan fingerprint density at radius 2 is 2.04 bits per heavy atom. The quantitative estimate of drug-likeness (QED) is 0.719. The second kappa shape index (κ2) is 6.67. The molecule has 1 aromatic carbocycles. The van der Waals surface area contributed by atoms with Gasteiger partial charge in [0.1, 0.15) is 6.04 Å². The van der Waals surface area contributed by atoms with Crippen molar-refractivity contribution in [3.05, 3.63) is 54.5 Å². The second-order valence-electron chi connectivity index (χ2n) is 5.52. The summed E-state index contributed by atoms with van der Waals surface area (Å²) in [5.41, 5.74) is 8.95. The van der Waals surface area contributed by atoms with E-state index in [4.69, 9.17) is 10.8 Å². The third kappa shape index (κ3) is 3.21. The molecule has 7 nitrogen and oxygen atoms in total. The number of carbonyl (C=O) groups is 1. The Hall–Kier alpha value is -2.93. The molecule has 1 atom stereocenters. The number of rotatable bonds is 6. The summed E-state index contributed by atoms with van der Waals surface area (Å²) in [4.78, 5) is 11.1. The van der Waals surface area contributed by atoms with Gasteiger partial charge in [0.25, 0.3) is 0 Å². The first-order valence-electron chi connectivity index (χ1n) is 7.73. The van der Waals surface area contributed by atoms with Gasteiger partial charge in [0, 0.05) is 36.5 Å². The number of nitrogens with zero attached hydrogens (tertiary/aromatic N) is 4. The fourth-order valence-electron chi connectivity index (χ4n) is 2.50. The van der Waals surface area contributed by atoms with Crippen molar-refractivity contribution >= 4 is 5.97 Å². The normalized spacial score (nSPS) is 12.2. The maximum atomic E-state index is 11.1. The van der Waals surface area contributed by atoms with Crippen LogP contribution in [-0.4, -0.2) is 36.7 Å². The molecule has 124 valence electrons. The van der Waals surface area contributed by atoms with Gasteiger partial charge in [0.2, 0.25) is 0 Å². The Bertz CT molecular complexity index is 838. The van der Waals surface area contributed by atoms with Crippen molar-refractivity contribution in [2.24, 2.45) is 5.73 Å². The van der Waals surface area contributed by atoms with Crippen LogP contribution in [0.25, 0.3) is 16.9 Å². The van der Waals surface area contributed by atoms with E-state index in [1.165, 1.54) is 0 Å². The fraction of sp³-hybridized carbons (Fsp3) is 0.235.